The van der Waals surface area contributed by atoms with Crippen LogP contribution in [0.1, 0.15) is 6.92 Å². The van der Waals surface area contributed by atoms with Crippen LogP contribution in [0.5, 0.6) is 0 Å². The zero-order valence-electron chi connectivity index (χ0n) is 8.06. The van der Waals surface area contributed by atoms with Crippen LogP contribution in [-0.2, 0) is 0 Å². The average Bonchev–Trinajstić information content (AvgIpc) is 2.03. The zero-order valence-corrected chi connectivity index (χ0v) is 8.06. The van der Waals surface area contributed by atoms with Crippen molar-refractivity contribution in [2.24, 2.45) is 0 Å². The van der Waals surface area contributed by atoms with Gasteiger partial charge in [-0.2, -0.15) is 0 Å². The second kappa shape index (κ2) is 6.81. The number of nitrogens with one attached hydrogen (secondary N) is 1. The molecule has 0 aromatic rings. The summed E-state index contributed by atoms with van der Waals surface area (Å²) in [6.07, 6.45) is 2.75. The predicted octanol–water partition coefficient (Wildman–Crippen LogP) is 0.795. The van der Waals surface area contributed by atoms with Crippen LogP contribution >= 0.6 is 0 Å². The zero-order chi connectivity index (χ0) is 10.3. The molecule has 0 aromatic heterocycles. The number of nitrogens with zero attached hydrogens (tertiary/aromatic N) is 1. The van der Waals surface area contributed by atoms with Crippen LogP contribution in [0.25, 0.3) is 0 Å². The molecule has 0 aliphatic rings. The molecule has 2 nitrogen and oxygen atoms in total. The van der Waals surface area contributed by atoms with Gasteiger partial charge in [0.25, 0.3) is 6.43 Å². The highest BCUT2D eigenvalue weighted by Gasteiger charge is 2.12. The molecule has 0 heterocycles. The molecule has 1 N–H and O–H groups in total. The maximum atomic E-state index is 11.9. The Morgan fingerprint density at radius 1 is 1.54 bits per heavy atom. The Morgan fingerprint density at radius 2 is 2.15 bits per heavy atom. The molecule has 1 atom stereocenters. The van der Waals surface area contributed by atoms with E-state index in [0.29, 0.717) is 13.1 Å². The third-order valence-electron chi connectivity index (χ3n) is 1.85. The first-order chi connectivity index (χ1) is 6.07. The molecule has 0 saturated heterocycles. The van der Waals surface area contributed by atoms with Crippen LogP contribution in [0.4, 0.5) is 8.78 Å². The van der Waals surface area contributed by atoms with E-state index in [4.69, 9.17) is 6.42 Å². The summed E-state index contributed by atoms with van der Waals surface area (Å²) in [5.74, 6) is 2.42. The van der Waals surface area contributed by atoms with Gasteiger partial charge in [0, 0.05) is 12.6 Å². The van der Waals surface area contributed by atoms with Gasteiger partial charge in [-0.1, -0.05) is 5.92 Å². The van der Waals surface area contributed by atoms with Crippen LogP contribution in [-0.4, -0.2) is 44.0 Å². The van der Waals surface area contributed by atoms with Gasteiger partial charge in [-0.25, -0.2) is 8.78 Å². The van der Waals surface area contributed by atoms with Crippen molar-refractivity contribution in [1.82, 2.24) is 10.2 Å². The van der Waals surface area contributed by atoms with Crippen molar-refractivity contribution >= 4 is 0 Å². The Morgan fingerprint density at radius 3 is 2.62 bits per heavy atom. The lowest BCUT2D eigenvalue weighted by molar-refractivity contribution is 0.0843. The summed E-state index contributed by atoms with van der Waals surface area (Å²) in [6, 6.07) is 0.0716. The van der Waals surface area contributed by atoms with Crippen LogP contribution in [0, 0.1) is 12.3 Å². The second-order valence-corrected chi connectivity index (χ2v) is 3.01. The van der Waals surface area contributed by atoms with E-state index in [1.165, 1.54) is 0 Å². The summed E-state index contributed by atoms with van der Waals surface area (Å²) in [5, 5.41) is 2.97. The first-order valence-electron chi connectivity index (χ1n) is 4.20. The second-order valence-electron chi connectivity index (χ2n) is 3.01. The van der Waals surface area contributed by atoms with E-state index >= 15 is 0 Å². The van der Waals surface area contributed by atoms with Crippen LogP contribution in [0.2, 0.25) is 0 Å². The third kappa shape index (κ3) is 6.50. The van der Waals surface area contributed by atoms with E-state index in [1.807, 2.05) is 6.92 Å². The SMILES string of the molecule is C#CCNCC(C)N(C)CC(F)F. The molecule has 0 rings (SSSR count). The largest absolute Gasteiger partial charge is 0.305 e. The Labute approximate surface area is 78.3 Å². The van der Waals surface area contributed by atoms with Crippen molar-refractivity contribution < 1.29 is 8.78 Å². The topological polar surface area (TPSA) is 15.3 Å². The van der Waals surface area contributed by atoms with Gasteiger partial charge in [-0.15, -0.1) is 6.42 Å². The van der Waals surface area contributed by atoms with Gasteiger partial charge in [0.15, 0.2) is 0 Å². The molecule has 0 aromatic carbocycles. The molecule has 76 valence electrons. The fourth-order valence-electron chi connectivity index (χ4n) is 0.907. The van der Waals surface area contributed by atoms with Gasteiger partial charge in [0.05, 0.1) is 13.1 Å². The third-order valence-corrected chi connectivity index (χ3v) is 1.85. The highest BCUT2D eigenvalue weighted by Crippen LogP contribution is 1.99. The normalized spacial score (nSPS) is 13.3. The van der Waals surface area contributed by atoms with E-state index in [2.05, 4.69) is 11.2 Å². The average molecular weight is 190 g/mol. The van der Waals surface area contributed by atoms with Crippen molar-refractivity contribution in [2.75, 3.05) is 26.7 Å². The minimum Gasteiger partial charge on any atom is -0.305 e. The minimum absolute atomic E-state index is 0.0716. The Hall–Kier alpha value is -0.660. The van der Waals surface area contributed by atoms with Crippen molar-refractivity contribution in [3.8, 4) is 12.3 Å². The molecular weight excluding hydrogens is 174 g/mol. The molecule has 0 radical (unpaired) electrons. The van der Waals surface area contributed by atoms with Gasteiger partial charge in [0.1, 0.15) is 0 Å². The molecule has 0 amide bonds. The highest BCUT2D eigenvalue weighted by atomic mass is 19.3. The lowest BCUT2D eigenvalue weighted by Crippen LogP contribution is -2.40. The summed E-state index contributed by atoms with van der Waals surface area (Å²) in [6.45, 7) is 2.80. The van der Waals surface area contributed by atoms with Gasteiger partial charge in [-0.3, -0.25) is 4.90 Å². The van der Waals surface area contributed by atoms with E-state index in [1.54, 1.807) is 11.9 Å². The Kier molecular flexibility index (Phi) is 6.47. The summed E-state index contributed by atoms with van der Waals surface area (Å²) < 4.78 is 23.9. The Balaban J connectivity index is 3.57. The highest BCUT2D eigenvalue weighted by molar-refractivity contribution is 4.87. The lowest BCUT2D eigenvalue weighted by Gasteiger charge is -2.24. The summed E-state index contributed by atoms with van der Waals surface area (Å²) >= 11 is 0. The number of hydrogen-bond donors (Lipinski definition) is 1. The van der Waals surface area contributed by atoms with Crippen LogP contribution < -0.4 is 5.32 Å². The van der Waals surface area contributed by atoms with Gasteiger partial charge in [0.2, 0.25) is 0 Å². The predicted molar refractivity (Wildman–Crippen MR) is 49.8 cm³/mol. The molecule has 13 heavy (non-hydrogen) atoms. The summed E-state index contributed by atoms with van der Waals surface area (Å²) in [5.41, 5.74) is 0. The van der Waals surface area contributed by atoms with Crippen molar-refractivity contribution in [3.05, 3.63) is 0 Å². The number of hydrogen-bond acceptors (Lipinski definition) is 2. The molecule has 1 unspecified atom stereocenters. The molecular formula is C9H16F2N2. The van der Waals surface area contributed by atoms with Gasteiger partial charge >= 0.3 is 0 Å². The van der Waals surface area contributed by atoms with Crippen molar-refractivity contribution in [3.63, 3.8) is 0 Å². The number of likely N-dealkylation sites (N-methyl/N-ethyl adjacent to an activating group) is 1. The molecule has 0 saturated carbocycles. The lowest BCUT2D eigenvalue weighted by atomic mass is 10.3. The summed E-state index contributed by atoms with van der Waals surface area (Å²) in [7, 11) is 1.67. The molecule has 0 aliphatic heterocycles. The van der Waals surface area contributed by atoms with E-state index < -0.39 is 6.43 Å². The molecule has 4 heteroatoms. The first kappa shape index (κ1) is 12.3. The molecule has 0 spiro atoms. The smallest absolute Gasteiger partial charge is 0.251 e. The van der Waals surface area contributed by atoms with Crippen molar-refractivity contribution in [1.29, 1.82) is 0 Å². The van der Waals surface area contributed by atoms with Crippen LogP contribution in [0.15, 0.2) is 0 Å². The van der Waals surface area contributed by atoms with E-state index in [9.17, 15) is 8.78 Å². The number of halogens is 2. The van der Waals surface area contributed by atoms with E-state index in [0.717, 1.165) is 0 Å². The van der Waals surface area contributed by atoms with Gasteiger partial charge < -0.3 is 5.32 Å². The van der Waals surface area contributed by atoms with Crippen LogP contribution in [0.3, 0.4) is 0 Å². The number of rotatable bonds is 6. The quantitative estimate of drug-likeness (QED) is 0.492. The first-order valence-corrected chi connectivity index (χ1v) is 4.20. The number of terminal acetylenes is 1. The molecule has 0 aliphatic carbocycles. The van der Waals surface area contributed by atoms with Gasteiger partial charge in [-0.05, 0) is 14.0 Å². The molecule has 0 fully saturated rings. The molecule has 0 bridgehead atoms. The van der Waals surface area contributed by atoms with E-state index in [-0.39, 0.29) is 12.6 Å². The number of alkyl halides is 2. The minimum atomic E-state index is -2.28. The maximum absolute atomic E-state index is 11.9. The fourth-order valence-corrected chi connectivity index (χ4v) is 0.907. The standard InChI is InChI=1S/C9H16F2N2/c1-4-5-12-6-8(2)13(3)7-9(10)11/h1,8-9,12H,5-7H2,2-3H3. The van der Waals surface area contributed by atoms with Crippen molar-refractivity contribution in [2.45, 2.75) is 19.4 Å². The maximum Gasteiger partial charge on any atom is 0.251 e. The summed E-state index contributed by atoms with van der Waals surface area (Å²) in [4.78, 5) is 1.61. The monoisotopic (exact) mass is 190 g/mol. The fraction of sp³-hybridized carbons (Fsp3) is 0.778. The Bertz CT molecular complexity index is 165.